The third-order valence-electron chi connectivity index (χ3n) is 5.70. The Kier molecular flexibility index (Phi) is 9.24. The fraction of sp³-hybridized carbons (Fsp3) is 0.696. The van der Waals surface area contributed by atoms with Crippen molar-refractivity contribution in [3.63, 3.8) is 0 Å². The number of nitrogens with one attached hydrogen (secondary N) is 1. The highest BCUT2D eigenvalue weighted by atomic mass is 16.6. The first-order chi connectivity index (χ1) is 13.8. The SMILES string of the molecule is CC(C)N(CCC1=CNC2C=CC=C(OC(O)CCCCCC(=O)O)C12)C(C)C. The lowest BCUT2D eigenvalue weighted by Gasteiger charge is -2.32. The Morgan fingerprint density at radius 3 is 2.59 bits per heavy atom. The molecule has 0 aromatic rings. The number of aliphatic hydroxyl groups excluding tert-OH is 1. The van der Waals surface area contributed by atoms with Crippen LogP contribution in [0.4, 0.5) is 0 Å². The number of carboxylic acids is 1. The van der Waals surface area contributed by atoms with Gasteiger partial charge in [-0.1, -0.05) is 18.6 Å². The largest absolute Gasteiger partial charge is 0.481 e. The van der Waals surface area contributed by atoms with Gasteiger partial charge in [0.1, 0.15) is 5.76 Å². The van der Waals surface area contributed by atoms with Gasteiger partial charge in [-0.15, -0.1) is 0 Å². The van der Waals surface area contributed by atoms with Crippen molar-refractivity contribution in [2.24, 2.45) is 5.92 Å². The minimum atomic E-state index is -0.858. The third-order valence-corrected chi connectivity index (χ3v) is 5.70. The summed E-state index contributed by atoms with van der Waals surface area (Å²) in [6.07, 6.45) is 11.2. The molecule has 1 aliphatic carbocycles. The molecule has 0 saturated heterocycles. The molecule has 3 N–H and O–H groups in total. The van der Waals surface area contributed by atoms with Crippen molar-refractivity contribution in [1.82, 2.24) is 10.2 Å². The highest BCUT2D eigenvalue weighted by Crippen LogP contribution is 2.35. The second-order valence-corrected chi connectivity index (χ2v) is 8.58. The summed E-state index contributed by atoms with van der Waals surface area (Å²) in [5, 5.41) is 22.5. The van der Waals surface area contributed by atoms with E-state index >= 15 is 0 Å². The van der Waals surface area contributed by atoms with Crippen LogP contribution in [0.3, 0.4) is 0 Å². The van der Waals surface area contributed by atoms with Crippen molar-refractivity contribution in [2.45, 2.75) is 90.6 Å². The minimum absolute atomic E-state index is 0.128. The van der Waals surface area contributed by atoms with Crippen LogP contribution in [0, 0.1) is 5.92 Å². The highest BCUT2D eigenvalue weighted by Gasteiger charge is 2.34. The van der Waals surface area contributed by atoms with Crippen molar-refractivity contribution >= 4 is 5.97 Å². The van der Waals surface area contributed by atoms with E-state index in [1.54, 1.807) is 0 Å². The highest BCUT2D eigenvalue weighted by molar-refractivity contribution is 5.66. The lowest BCUT2D eigenvalue weighted by Crippen LogP contribution is -2.38. The Labute approximate surface area is 175 Å². The van der Waals surface area contributed by atoms with Gasteiger partial charge in [0.25, 0.3) is 0 Å². The molecule has 1 aliphatic heterocycles. The molecule has 29 heavy (non-hydrogen) atoms. The van der Waals surface area contributed by atoms with Crippen LogP contribution in [0.2, 0.25) is 0 Å². The van der Waals surface area contributed by atoms with Crippen molar-refractivity contribution in [3.8, 4) is 0 Å². The number of rotatable bonds is 13. The van der Waals surface area contributed by atoms with E-state index in [0.717, 1.165) is 31.6 Å². The summed E-state index contributed by atoms with van der Waals surface area (Å²) >= 11 is 0. The molecule has 164 valence electrons. The van der Waals surface area contributed by atoms with E-state index in [2.05, 4.69) is 50.2 Å². The van der Waals surface area contributed by atoms with Crippen LogP contribution in [-0.2, 0) is 9.53 Å². The number of allylic oxidation sites excluding steroid dienone is 2. The molecule has 0 aromatic carbocycles. The number of hydrogen-bond acceptors (Lipinski definition) is 5. The summed E-state index contributed by atoms with van der Waals surface area (Å²) in [5.41, 5.74) is 1.31. The molecule has 0 spiro atoms. The number of carbonyl (C=O) groups is 1. The number of unbranched alkanes of at least 4 members (excludes halogenated alkanes) is 2. The number of hydrogen-bond donors (Lipinski definition) is 3. The fourth-order valence-electron chi connectivity index (χ4n) is 4.22. The molecule has 2 rings (SSSR count). The van der Waals surface area contributed by atoms with Crippen LogP contribution in [0.1, 0.15) is 66.2 Å². The normalized spacial score (nSPS) is 21.8. The number of ether oxygens (including phenoxy) is 1. The topological polar surface area (TPSA) is 82.0 Å². The monoisotopic (exact) mass is 406 g/mol. The van der Waals surface area contributed by atoms with Gasteiger partial charge in [0, 0.05) is 31.5 Å². The van der Waals surface area contributed by atoms with Gasteiger partial charge in [0.05, 0.1) is 12.0 Å². The average Bonchev–Trinajstić information content (AvgIpc) is 3.05. The van der Waals surface area contributed by atoms with Crippen molar-refractivity contribution in [2.75, 3.05) is 6.54 Å². The number of aliphatic hydroxyl groups is 1. The van der Waals surface area contributed by atoms with Gasteiger partial charge in [-0.05, 0) is 64.8 Å². The van der Waals surface area contributed by atoms with Crippen LogP contribution in [0.15, 0.2) is 35.8 Å². The molecule has 0 aromatic heterocycles. The molecule has 0 radical (unpaired) electrons. The lowest BCUT2D eigenvalue weighted by molar-refractivity contribution is -0.137. The molecule has 6 nitrogen and oxygen atoms in total. The van der Waals surface area contributed by atoms with Crippen LogP contribution < -0.4 is 5.32 Å². The molecule has 0 bridgehead atoms. The molecule has 1 heterocycles. The van der Waals surface area contributed by atoms with Gasteiger partial charge < -0.3 is 20.3 Å². The lowest BCUT2D eigenvalue weighted by atomic mass is 9.87. The van der Waals surface area contributed by atoms with Crippen LogP contribution in [-0.4, -0.2) is 52.0 Å². The number of carboxylic acid groups (broad SMARTS) is 1. The van der Waals surface area contributed by atoms with Crippen LogP contribution >= 0.6 is 0 Å². The Morgan fingerprint density at radius 1 is 1.21 bits per heavy atom. The van der Waals surface area contributed by atoms with E-state index < -0.39 is 12.3 Å². The van der Waals surface area contributed by atoms with Crippen molar-refractivity contribution in [1.29, 1.82) is 0 Å². The van der Waals surface area contributed by atoms with Gasteiger partial charge in [-0.25, -0.2) is 0 Å². The molecule has 6 heteroatoms. The molecule has 2 aliphatic rings. The first kappa shape index (κ1) is 23.5. The summed E-state index contributed by atoms with van der Waals surface area (Å²) in [7, 11) is 0. The van der Waals surface area contributed by atoms with E-state index in [4.69, 9.17) is 9.84 Å². The van der Waals surface area contributed by atoms with Crippen molar-refractivity contribution < 1.29 is 19.7 Å². The summed E-state index contributed by atoms with van der Waals surface area (Å²) in [4.78, 5) is 13.1. The zero-order valence-corrected chi connectivity index (χ0v) is 18.3. The van der Waals surface area contributed by atoms with Gasteiger partial charge in [0.2, 0.25) is 0 Å². The predicted octanol–water partition coefficient (Wildman–Crippen LogP) is 3.79. The zero-order valence-electron chi connectivity index (χ0n) is 18.3. The molecule has 3 unspecified atom stereocenters. The molecular weight excluding hydrogens is 368 g/mol. The summed E-state index contributed by atoms with van der Waals surface area (Å²) in [6, 6.07) is 1.18. The maximum atomic E-state index is 10.6. The standard InChI is InChI=1S/C23H38N2O4/c1-16(2)25(17(3)4)14-13-18-15-24-19-9-8-10-20(23(18)19)29-22(28)12-7-5-6-11-21(26)27/h8-10,15-17,19,22-24,28H,5-7,11-14H2,1-4H3,(H,26,27). The Hall–Kier alpha value is -1.79. The Balaban J connectivity index is 1.87. The van der Waals surface area contributed by atoms with Crippen molar-refractivity contribution in [3.05, 3.63) is 35.8 Å². The molecular formula is C23H38N2O4. The summed E-state index contributed by atoms with van der Waals surface area (Å²) < 4.78 is 5.92. The predicted molar refractivity (Wildman–Crippen MR) is 115 cm³/mol. The van der Waals surface area contributed by atoms with E-state index in [1.165, 1.54) is 5.57 Å². The van der Waals surface area contributed by atoms with E-state index in [9.17, 15) is 9.90 Å². The minimum Gasteiger partial charge on any atom is -0.481 e. The van der Waals surface area contributed by atoms with Gasteiger partial charge in [-0.3, -0.25) is 9.69 Å². The van der Waals surface area contributed by atoms with Gasteiger partial charge in [-0.2, -0.15) is 0 Å². The third kappa shape index (κ3) is 7.19. The number of fused-ring (bicyclic) bond motifs is 1. The smallest absolute Gasteiger partial charge is 0.303 e. The van der Waals surface area contributed by atoms with Crippen LogP contribution in [0.25, 0.3) is 0 Å². The Morgan fingerprint density at radius 2 is 1.93 bits per heavy atom. The summed E-state index contributed by atoms with van der Waals surface area (Å²) in [6.45, 7) is 9.92. The number of aliphatic carboxylic acids is 1. The van der Waals surface area contributed by atoms with E-state index in [-0.39, 0.29) is 18.4 Å². The van der Waals surface area contributed by atoms with E-state index in [0.29, 0.717) is 24.9 Å². The molecule has 3 atom stereocenters. The first-order valence-electron chi connectivity index (χ1n) is 10.9. The second kappa shape index (κ2) is 11.4. The molecule has 0 fully saturated rings. The average molecular weight is 407 g/mol. The molecule has 0 amide bonds. The van der Waals surface area contributed by atoms with Crippen LogP contribution in [0.5, 0.6) is 0 Å². The van der Waals surface area contributed by atoms with Gasteiger partial charge >= 0.3 is 5.97 Å². The maximum Gasteiger partial charge on any atom is 0.303 e. The fourth-order valence-corrected chi connectivity index (χ4v) is 4.22. The Bertz CT molecular complexity index is 616. The molecule has 0 saturated carbocycles. The van der Waals surface area contributed by atoms with Gasteiger partial charge in [0.15, 0.2) is 6.29 Å². The van der Waals surface area contributed by atoms with E-state index in [1.807, 2.05) is 12.2 Å². The summed E-state index contributed by atoms with van der Waals surface area (Å²) in [5.74, 6) is 0.170. The number of nitrogens with zero attached hydrogens (tertiary/aromatic N) is 1. The quantitative estimate of drug-likeness (QED) is 0.319. The maximum absolute atomic E-state index is 10.6. The zero-order chi connectivity index (χ0) is 21.4. The first-order valence-corrected chi connectivity index (χ1v) is 10.9. The second-order valence-electron chi connectivity index (χ2n) is 8.58.